The third-order valence-corrected chi connectivity index (χ3v) is 8.35. The van der Waals surface area contributed by atoms with E-state index >= 15 is 0 Å². The van der Waals surface area contributed by atoms with Crippen LogP contribution in [0, 0.1) is 13.8 Å². The first kappa shape index (κ1) is 38.1. The molecule has 2 unspecified atom stereocenters. The highest BCUT2D eigenvalue weighted by Gasteiger charge is 2.25. The molecule has 45 heavy (non-hydrogen) atoms. The van der Waals surface area contributed by atoms with Crippen molar-refractivity contribution in [2.45, 2.75) is 38.8 Å². The van der Waals surface area contributed by atoms with E-state index in [0.29, 0.717) is 0 Å². The van der Waals surface area contributed by atoms with Gasteiger partial charge in [0.15, 0.2) is 0 Å². The number of benzene rings is 4. The molecule has 240 valence electrons. The molecule has 5 nitrogen and oxygen atoms in total. The van der Waals surface area contributed by atoms with E-state index in [9.17, 15) is 0 Å². The normalized spacial score (nSPS) is 16.0. The molecule has 0 fully saturated rings. The molecule has 2 aliphatic heterocycles. The van der Waals surface area contributed by atoms with Gasteiger partial charge in [0.05, 0.1) is 0 Å². The first-order chi connectivity index (χ1) is 20.1. The standard InChI is InChI=1S/2C18H19ClN2.2ClH.H2O/c2*1-12-4-5-14-11-17(21(2)3)20-18(16(14)10-12)13-6-8-15(19)9-7-13;;;/h2*4-10,18H,11H2,1-3H3;2*1H;1H2. The lowest BCUT2D eigenvalue weighted by atomic mass is 9.89. The largest absolute Gasteiger partial charge is 0.412 e. The van der Waals surface area contributed by atoms with Crippen LogP contribution in [-0.4, -0.2) is 55.1 Å². The molecule has 6 rings (SSSR count). The van der Waals surface area contributed by atoms with E-state index in [-0.39, 0.29) is 42.4 Å². The molecule has 2 heterocycles. The maximum Gasteiger partial charge on any atom is 0.104 e. The molecule has 9 heteroatoms. The summed E-state index contributed by atoms with van der Waals surface area (Å²) in [7, 11) is 8.21. The lowest BCUT2D eigenvalue weighted by molar-refractivity contribution is 0.592. The molecule has 4 aromatic carbocycles. The Morgan fingerprint density at radius 2 is 0.889 bits per heavy atom. The zero-order chi connectivity index (χ0) is 30.0. The number of hydrogen-bond acceptors (Lipinski definition) is 4. The summed E-state index contributed by atoms with van der Waals surface area (Å²) < 4.78 is 0. The van der Waals surface area contributed by atoms with Gasteiger partial charge < -0.3 is 15.3 Å². The molecule has 0 spiro atoms. The minimum atomic E-state index is 0. The first-order valence-electron chi connectivity index (χ1n) is 14.3. The summed E-state index contributed by atoms with van der Waals surface area (Å²) in [5, 5.41) is 1.52. The van der Waals surface area contributed by atoms with Crippen molar-refractivity contribution in [1.82, 2.24) is 9.80 Å². The average molecular weight is 689 g/mol. The fourth-order valence-corrected chi connectivity index (χ4v) is 5.73. The Morgan fingerprint density at radius 1 is 0.556 bits per heavy atom. The smallest absolute Gasteiger partial charge is 0.104 e. The zero-order valence-corrected chi connectivity index (χ0v) is 29.7. The molecule has 0 bridgehead atoms. The molecule has 0 saturated carbocycles. The van der Waals surface area contributed by atoms with Crippen molar-refractivity contribution in [1.29, 1.82) is 0 Å². The molecule has 0 radical (unpaired) electrons. The second kappa shape index (κ2) is 16.5. The van der Waals surface area contributed by atoms with Gasteiger partial charge in [0.2, 0.25) is 0 Å². The highest BCUT2D eigenvalue weighted by atomic mass is 35.5. The van der Waals surface area contributed by atoms with Gasteiger partial charge in [0, 0.05) is 51.1 Å². The maximum atomic E-state index is 6.01. The van der Waals surface area contributed by atoms with Gasteiger partial charge in [0.25, 0.3) is 0 Å². The summed E-state index contributed by atoms with van der Waals surface area (Å²) in [6, 6.07) is 29.5. The molecular weight excluding hydrogens is 646 g/mol. The van der Waals surface area contributed by atoms with Gasteiger partial charge in [-0.05, 0) is 71.5 Å². The fraction of sp³-hybridized carbons (Fsp3) is 0.278. The molecular formula is C36H42Cl4N4O. The fourth-order valence-electron chi connectivity index (χ4n) is 5.47. The van der Waals surface area contributed by atoms with Gasteiger partial charge in [-0.1, -0.05) is 95.0 Å². The van der Waals surface area contributed by atoms with E-state index in [1.165, 1.54) is 44.5 Å². The Balaban J connectivity index is 0.000000294. The van der Waals surface area contributed by atoms with Gasteiger partial charge in [0.1, 0.15) is 23.8 Å². The van der Waals surface area contributed by atoms with Gasteiger partial charge in [-0.15, -0.1) is 24.8 Å². The maximum absolute atomic E-state index is 6.01. The minimum absolute atomic E-state index is 0. The predicted octanol–water partition coefficient (Wildman–Crippen LogP) is 8.53. The summed E-state index contributed by atoms with van der Waals surface area (Å²) in [5.74, 6) is 2.23. The molecule has 4 aromatic rings. The Hall–Kier alpha value is -3.06. The molecule has 0 aromatic heterocycles. The van der Waals surface area contributed by atoms with E-state index in [2.05, 4.69) is 113 Å². The minimum Gasteiger partial charge on any atom is -0.412 e. The number of amidine groups is 2. The molecule has 2 N–H and O–H groups in total. The molecule has 0 aliphatic carbocycles. The van der Waals surface area contributed by atoms with Crippen LogP contribution in [0.1, 0.15) is 56.6 Å². The van der Waals surface area contributed by atoms with E-state index in [1.807, 2.05) is 24.3 Å². The van der Waals surface area contributed by atoms with Gasteiger partial charge in [-0.2, -0.15) is 0 Å². The van der Waals surface area contributed by atoms with Gasteiger partial charge in [-0.25, -0.2) is 0 Å². The van der Waals surface area contributed by atoms with Crippen LogP contribution in [0.2, 0.25) is 10.0 Å². The van der Waals surface area contributed by atoms with Crippen molar-refractivity contribution in [2.24, 2.45) is 9.98 Å². The van der Waals surface area contributed by atoms with Crippen molar-refractivity contribution >= 4 is 59.7 Å². The number of likely N-dealkylation sites (N-methyl/N-ethyl adjacent to an activating group) is 2. The topological polar surface area (TPSA) is 62.7 Å². The van der Waals surface area contributed by atoms with Crippen LogP contribution in [0.25, 0.3) is 0 Å². The van der Waals surface area contributed by atoms with Crippen LogP contribution >= 0.6 is 48.0 Å². The van der Waals surface area contributed by atoms with E-state index in [0.717, 1.165) is 34.6 Å². The number of aryl methyl sites for hydroxylation is 2. The highest BCUT2D eigenvalue weighted by molar-refractivity contribution is 6.30. The molecule has 2 atom stereocenters. The van der Waals surface area contributed by atoms with Crippen molar-refractivity contribution in [3.05, 3.63) is 139 Å². The van der Waals surface area contributed by atoms with E-state index in [1.54, 1.807) is 0 Å². The summed E-state index contributed by atoms with van der Waals surface area (Å²) >= 11 is 12.0. The third kappa shape index (κ3) is 9.02. The summed E-state index contributed by atoms with van der Waals surface area (Å²) in [6.07, 6.45) is 1.79. The van der Waals surface area contributed by atoms with Crippen molar-refractivity contribution < 1.29 is 5.48 Å². The summed E-state index contributed by atoms with van der Waals surface area (Å²) in [5.41, 5.74) is 10.3. The van der Waals surface area contributed by atoms with E-state index < -0.39 is 0 Å². The number of hydrogen-bond donors (Lipinski definition) is 0. The molecule has 0 saturated heterocycles. The number of nitrogens with zero attached hydrogens (tertiary/aromatic N) is 4. The number of halogens is 4. The average Bonchev–Trinajstić information content (AvgIpc) is 2.97. The molecule has 0 amide bonds. The Bertz CT molecular complexity index is 1510. The van der Waals surface area contributed by atoms with Crippen LogP contribution < -0.4 is 0 Å². The Kier molecular flexibility index (Phi) is 14.0. The van der Waals surface area contributed by atoms with Crippen LogP contribution in [0.5, 0.6) is 0 Å². The SMILES string of the molecule is Cc1ccc2c(c1)C(c1ccc(Cl)cc1)N=C(N(C)C)C2.Cc1ccc2c(c1)C(c1ccc(Cl)cc1)N=C(N(C)C)C2.Cl.Cl.O. The highest BCUT2D eigenvalue weighted by Crippen LogP contribution is 2.35. The Morgan fingerprint density at radius 3 is 1.20 bits per heavy atom. The van der Waals surface area contributed by atoms with Crippen molar-refractivity contribution in [3.63, 3.8) is 0 Å². The van der Waals surface area contributed by atoms with E-state index in [4.69, 9.17) is 33.2 Å². The summed E-state index contributed by atoms with van der Waals surface area (Å²) in [6.45, 7) is 4.26. The second-order valence-corrected chi connectivity index (χ2v) is 12.4. The summed E-state index contributed by atoms with van der Waals surface area (Å²) in [4.78, 5) is 14.1. The van der Waals surface area contributed by atoms with Crippen LogP contribution in [0.3, 0.4) is 0 Å². The third-order valence-electron chi connectivity index (χ3n) is 7.85. The van der Waals surface area contributed by atoms with Gasteiger partial charge >= 0.3 is 0 Å². The number of fused-ring (bicyclic) bond motifs is 2. The first-order valence-corrected chi connectivity index (χ1v) is 15.0. The second-order valence-electron chi connectivity index (χ2n) is 11.5. The van der Waals surface area contributed by atoms with Crippen LogP contribution in [-0.2, 0) is 12.8 Å². The van der Waals surface area contributed by atoms with Crippen LogP contribution in [0.4, 0.5) is 0 Å². The van der Waals surface area contributed by atoms with Gasteiger partial charge in [-0.3, -0.25) is 9.98 Å². The number of rotatable bonds is 2. The van der Waals surface area contributed by atoms with Crippen molar-refractivity contribution in [2.75, 3.05) is 28.2 Å². The van der Waals surface area contributed by atoms with Crippen molar-refractivity contribution in [3.8, 4) is 0 Å². The quantitative estimate of drug-likeness (QED) is 0.212. The Labute approximate surface area is 290 Å². The van der Waals surface area contributed by atoms with Crippen LogP contribution in [0.15, 0.2) is 94.9 Å². The lowest BCUT2D eigenvalue weighted by Crippen LogP contribution is -2.28. The lowest BCUT2D eigenvalue weighted by Gasteiger charge is -2.28. The number of aliphatic imine (C=N–C) groups is 2. The molecule has 2 aliphatic rings. The zero-order valence-electron chi connectivity index (χ0n) is 26.5. The predicted molar refractivity (Wildman–Crippen MR) is 197 cm³/mol. The monoisotopic (exact) mass is 686 g/mol.